The molecule has 1 unspecified atom stereocenters. The minimum Gasteiger partial charge on any atom is -0.388 e. The summed E-state index contributed by atoms with van der Waals surface area (Å²) < 4.78 is 0. The van der Waals surface area contributed by atoms with Crippen molar-refractivity contribution in [1.29, 1.82) is 0 Å². The molecule has 0 aliphatic heterocycles. The number of aliphatic hydroxyl groups is 1. The number of hydrogen-bond donors (Lipinski definition) is 1. The van der Waals surface area contributed by atoms with Crippen LogP contribution in [0, 0.1) is 0 Å². The fourth-order valence-electron chi connectivity index (χ4n) is 1.80. The predicted molar refractivity (Wildman–Crippen MR) is 76.2 cm³/mol. The van der Waals surface area contributed by atoms with Crippen molar-refractivity contribution < 1.29 is 5.11 Å². The molecule has 0 saturated heterocycles. The normalized spacial score (nSPS) is 11.9. The molecule has 0 bridgehead atoms. The Morgan fingerprint density at radius 3 is 2.29 bits per heavy atom. The third-order valence-electron chi connectivity index (χ3n) is 2.96. The number of aliphatic hydroxyl groups excluding tert-OH is 1. The van der Waals surface area contributed by atoms with Crippen molar-refractivity contribution >= 4 is 0 Å². The van der Waals surface area contributed by atoms with Crippen LogP contribution in [0.2, 0.25) is 0 Å². The van der Waals surface area contributed by atoms with Crippen LogP contribution < -0.4 is 0 Å². The zero-order valence-electron chi connectivity index (χ0n) is 11.8. The van der Waals surface area contributed by atoms with Gasteiger partial charge in [-0.25, -0.2) is 0 Å². The second kappa shape index (κ2) is 13.5. The molecule has 1 nitrogen and oxygen atoms in total. The maximum absolute atomic E-state index is 9.67. The summed E-state index contributed by atoms with van der Waals surface area (Å²) in [5.74, 6) is 0. The largest absolute Gasteiger partial charge is 0.388 e. The molecule has 0 aromatic heterocycles. The van der Waals surface area contributed by atoms with E-state index in [2.05, 4.69) is 25.7 Å². The highest BCUT2D eigenvalue weighted by atomic mass is 16.3. The first-order valence-electron chi connectivity index (χ1n) is 7.40. The lowest BCUT2D eigenvalue weighted by atomic mass is 10.1. The highest BCUT2D eigenvalue weighted by Gasteiger charge is 1.97. The summed E-state index contributed by atoms with van der Waals surface area (Å²) in [7, 11) is 0. The molecule has 0 aliphatic rings. The van der Waals surface area contributed by atoms with E-state index in [0.717, 1.165) is 19.3 Å². The van der Waals surface area contributed by atoms with Gasteiger partial charge in [-0.05, 0) is 31.4 Å². The van der Waals surface area contributed by atoms with Gasteiger partial charge in [0.05, 0.1) is 6.10 Å². The van der Waals surface area contributed by atoms with Gasteiger partial charge in [0.2, 0.25) is 0 Å². The molecule has 0 aromatic rings. The van der Waals surface area contributed by atoms with Gasteiger partial charge < -0.3 is 5.11 Å². The lowest BCUT2D eigenvalue weighted by Crippen LogP contribution is -2.00. The fraction of sp³-hybridized carbons (Fsp3) is 0.812. The molecule has 1 atom stereocenters. The van der Waals surface area contributed by atoms with Crippen LogP contribution in [-0.2, 0) is 0 Å². The van der Waals surface area contributed by atoms with Crippen LogP contribution in [0.5, 0.6) is 0 Å². The Bertz CT molecular complexity index is 202. The van der Waals surface area contributed by atoms with Crippen molar-refractivity contribution in [3.63, 3.8) is 0 Å². The summed E-state index contributed by atoms with van der Waals surface area (Å²) in [4.78, 5) is 0. The van der Waals surface area contributed by atoms with Crippen LogP contribution in [0.15, 0.2) is 17.9 Å². The summed E-state index contributed by atoms with van der Waals surface area (Å²) in [5, 5.41) is 9.67. The Kier molecular flexibility index (Phi) is 13.1. The molecule has 0 rings (SSSR count). The van der Waals surface area contributed by atoms with Gasteiger partial charge in [-0.3, -0.25) is 0 Å². The molecule has 0 aromatic carbocycles. The van der Waals surface area contributed by atoms with Crippen LogP contribution in [-0.4, -0.2) is 11.2 Å². The first-order chi connectivity index (χ1) is 8.31. The average Bonchev–Trinajstić information content (AvgIpc) is 2.33. The molecule has 0 aliphatic carbocycles. The Morgan fingerprint density at radius 1 is 0.941 bits per heavy atom. The van der Waals surface area contributed by atoms with Crippen LogP contribution in [0.25, 0.3) is 0 Å². The highest BCUT2D eigenvalue weighted by Crippen LogP contribution is 2.07. The molecule has 0 amide bonds. The van der Waals surface area contributed by atoms with Gasteiger partial charge in [-0.2, -0.15) is 0 Å². The van der Waals surface area contributed by atoms with Crippen LogP contribution in [0.1, 0.15) is 78.1 Å². The van der Waals surface area contributed by atoms with E-state index in [1.54, 1.807) is 0 Å². The van der Waals surface area contributed by atoms with Gasteiger partial charge in [-0.15, -0.1) is 5.73 Å². The Hall–Kier alpha value is -0.520. The van der Waals surface area contributed by atoms with E-state index in [4.69, 9.17) is 0 Å². The Balaban J connectivity index is 3.42. The molecule has 17 heavy (non-hydrogen) atoms. The maximum Gasteiger partial charge on any atom is 0.0794 e. The maximum atomic E-state index is 9.67. The molecule has 0 spiro atoms. The van der Waals surface area contributed by atoms with Gasteiger partial charge in [0.25, 0.3) is 0 Å². The first-order valence-corrected chi connectivity index (χ1v) is 7.40. The molecule has 0 heterocycles. The summed E-state index contributed by atoms with van der Waals surface area (Å²) >= 11 is 0. The van der Waals surface area contributed by atoms with E-state index >= 15 is 0 Å². The minimum absolute atomic E-state index is 0.293. The lowest BCUT2D eigenvalue weighted by Gasteiger charge is -2.03. The molecule has 0 fully saturated rings. The molecular weight excluding hydrogens is 208 g/mol. The third-order valence-corrected chi connectivity index (χ3v) is 2.96. The van der Waals surface area contributed by atoms with E-state index in [1.807, 2.05) is 6.08 Å². The van der Waals surface area contributed by atoms with Crippen molar-refractivity contribution in [2.45, 2.75) is 84.2 Å². The molecule has 100 valence electrons. The molecule has 1 N–H and O–H groups in total. The molecular formula is C16H30O. The molecule has 0 saturated carbocycles. The van der Waals surface area contributed by atoms with Gasteiger partial charge in [0.15, 0.2) is 0 Å². The van der Waals surface area contributed by atoms with E-state index < -0.39 is 0 Å². The summed E-state index contributed by atoms with van der Waals surface area (Å²) in [5.41, 5.74) is 3.10. The number of hydrogen-bond acceptors (Lipinski definition) is 1. The van der Waals surface area contributed by atoms with Crippen molar-refractivity contribution in [2.75, 3.05) is 0 Å². The SMILES string of the molecule is CCCCCC=C=CC(O)CCCCCCC. The molecule has 1 heteroatoms. The quantitative estimate of drug-likeness (QED) is 0.397. The van der Waals surface area contributed by atoms with E-state index in [9.17, 15) is 5.11 Å². The van der Waals surface area contributed by atoms with Crippen LogP contribution in [0.4, 0.5) is 0 Å². The van der Waals surface area contributed by atoms with Crippen molar-refractivity contribution in [3.8, 4) is 0 Å². The fourth-order valence-corrected chi connectivity index (χ4v) is 1.80. The summed E-state index contributed by atoms with van der Waals surface area (Å²) in [6.07, 6.45) is 15.6. The standard InChI is InChI=1S/C16H30O/c1-3-5-7-9-11-13-15-16(17)14-12-10-8-6-4-2/h11,15-17H,3-10,12,14H2,1-2H3. The molecule has 0 radical (unpaired) electrons. The lowest BCUT2D eigenvalue weighted by molar-refractivity contribution is 0.208. The van der Waals surface area contributed by atoms with Crippen molar-refractivity contribution in [1.82, 2.24) is 0 Å². The highest BCUT2D eigenvalue weighted by molar-refractivity contribution is 4.89. The number of rotatable bonds is 11. The summed E-state index contributed by atoms with van der Waals surface area (Å²) in [6.45, 7) is 4.43. The van der Waals surface area contributed by atoms with E-state index in [0.29, 0.717) is 0 Å². The van der Waals surface area contributed by atoms with E-state index in [1.165, 1.54) is 44.9 Å². The number of unbranched alkanes of at least 4 members (excludes halogenated alkanes) is 7. The van der Waals surface area contributed by atoms with E-state index in [-0.39, 0.29) is 6.10 Å². The second-order valence-electron chi connectivity index (χ2n) is 4.80. The monoisotopic (exact) mass is 238 g/mol. The van der Waals surface area contributed by atoms with Crippen molar-refractivity contribution in [3.05, 3.63) is 17.9 Å². The van der Waals surface area contributed by atoms with Crippen LogP contribution in [0.3, 0.4) is 0 Å². The smallest absolute Gasteiger partial charge is 0.0794 e. The van der Waals surface area contributed by atoms with Crippen LogP contribution >= 0.6 is 0 Å². The van der Waals surface area contributed by atoms with Gasteiger partial charge in [-0.1, -0.05) is 58.8 Å². The first kappa shape index (κ1) is 16.5. The van der Waals surface area contributed by atoms with Crippen molar-refractivity contribution in [2.24, 2.45) is 0 Å². The average molecular weight is 238 g/mol. The summed E-state index contributed by atoms with van der Waals surface area (Å²) in [6, 6.07) is 0. The topological polar surface area (TPSA) is 20.2 Å². The predicted octanol–water partition coefficient (Wildman–Crippen LogP) is 5.00. The van der Waals surface area contributed by atoms with Gasteiger partial charge >= 0.3 is 0 Å². The van der Waals surface area contributed by atoms with Gasteiger partial charge in [0.1, 0.15) is 0 Å². The van der Waals surface area contributed by atoms with Gasteiger partial charge in [0, 0.05) is 0 Å². The zero-order chi connectivity index (χ0) is 12.8. The third kappa shape index (κ3) is 13.4. The Labute approximate surface area is 108 Å². The second-order valence-corrected chi connectivity index (χ2v) is 4.80. The Morgan fingerprint density at radius 2 is 1.59 bits per heavy atom. The minimum atomic E-state index is -0.293. The zero-order valence-corrected chi connectivity index (χ0v) is 11.8.